The Morgan fingerprint density at radius 1 is 1.19 bits per heavy atom. The van der Waals surface area contributed by atoms with Crippen molar-refractivity contribution >= 4 is 0 Å². The van der Waals surface area contributed by atoms with E-state index in [0.29, 0.717) is 5.92 Å². The van der Waals surface area contributed by atoms with Crippen molar-refractivity contribution in [1.29, 1.82) is 0 Å². The molecule has 0 saturated carbocycles. The van der Waals surface area contributed by atoms with Gasteiger partial charge in [0.1, 0.15) is 0 Å². The number of piperidine rings is 1. The van der Waals surface area contributed by atoms with Crippen LogP contribution in [-0.4, -0.2) is 13.1 Å². The molecule has 0 unspecified atom stereocenters. The summed E-state index contributed by atoms with van der Waals surface area (Å²) in [6.45, 7) is 6.99. The van der Waals surface area contributed by atoms with Crippen LogP contribution in [0.25, 0.3) is 0 Å². The number of benzene rings is 1. The van der Waals surface area contributed by atoms with Crippen molar-refractivity contribution in [3.8, 4) is 0 Å². The highest BCUT2D eigenvalue weighted by molar-refractivity contribution is 5.30. The molecule has 1 fully saturated rings. The number of hydrogen-bond acceptors (Lipinski definition) is 1. The fourth-order valence-corrected chi connectivity index (χ4v) is 2.68. The second-order valence-corrected chi connectivity index (χ2v) is 5.25. The highest BCUT2D eigenvalue weighted by Gasteiger charge is 2.15. The monoisotopic (exact) mass is 217 g/mol. The average Bonchev–Trinajstić information content (AvgIpc) is 2.31. The first-order valence-corrected chi connectivity index (χ1v) is 6.56. The molecule has 0 bridgehead atoms. The number of nitrogens with one attached hydrogen (secondary N) is 1. The third-order valence-corrected chi connectivity index (χ3v) is 3.64. The van der Waals surface area contributed by atoms with Crippen molar-refractivity contribution in [2.75, 3.05) is 13.1 Å². The largest absolute Gasteiger partial charge is 0.317 e. The van der Waals surface area contributed by atoms with E-state index in [1.54, 1.807) is 11.1 Å². The van der Waals surface area contributed by atoms with Crippen LogP contribution in [0, 0.1) is 5.92 Å². The van der Waals surface area contributed by atoms with Crippen LogP contribution in [0.2, 0.25) is 0 Å². The Bertz CT molecular complexity index is 324. The van der Waals surface area contributed by atoms with Gasteiger partial charge >= 0.3 is 0 Å². The first-order chi connectivity index (χ1) is 7.77. The topological polar surface area (TPSA) is 12.0 Å². The van der Waals surface area contributed by atoms with Crippen LogP contribution in [-0.2, 0) is 6.42 Å². The van der Waals surface area contributed by atoms with Gasteiger partial charge in [-0.2, -0.15) is 0 Å². The molecule has 1 N–H and O–H groups in total. The molecule has 1 heteroatoms. The number of rotatable bonds is 3. The molecule has 1 aromatic rings. The van der Waals surface area contributed by atoms with Crippen LogP contribution in [0.5, 0.6) is 0 Å². The summed E-state index contributed by atoms with van der Waals surface area (Å²) in [6, 6.07) is 8.96. The minimum Gasteiger partial charge on any atom is -0.317 e. The Kier molecular flexibility index (Phi) is 4.00. The average molecular weight is 217 g/mol. The first kappa shape index (κ1) is 11.7. The Morgan fingerprint density at radius 3 is 2.56 bits per heavy atom. The summed E-state index contributed by atoms with van der Waals surface area (Å²) < 4.78 is 0. The summed E-state index contributed by atoms with van der Waals surface area (Å²) in [5, 5.41) is 3.44. The molecule has 0 amide bonds. The maximum Gasteiger partial charge on any atom is -0.00462 e. The standard InChI is InChI=1S/C15H23N/c1-12(2)15-6-4-3-5-14(15)11-13-7-9-16-10-8-13/h3-6,12-13,16H,7-11H2,1-2H3. The van der Waals surface area contributed by atoms with Crippen LogP contribution < -0.4 is 5.32 Å². The summed E-state index contributed by atoms with van der Waals surface area (Å²) in [5.74, 6) is 1.54. The fraction of sp³-hybridized carbons (Fsp3) is 0.600. The fourth-order valence-electron chi connectivity index (χ4n) is 2.68. The van der Waals surface area contributed by atoms with Gasteiger partial charge in [-0.1, -0.05) is 38.1 Å². The summed E-state index contributed by atoms with van der Waals surface area (Å²) in [6.07, 6.45) is 3.95. The minimum absolute atomic E-state index is 0.651. The Hall–Kier alpha value is -0.820. The van der Waals surface area contributed by atoms with E-state index in [9.17, 15) is 0 Å². The van der Waals surface area contributed by atoms with Gasteiger partial charge in [0.2, 0.25) is 0 Å². The summed E-state index contributed by atoms with van der Waals surface area (Å²) >= 11 is 0. The Labute approximate surface area is 99.3 Å². The molecule has 0 aromatic heterocycles. The van der Waals surface area contributed by atoms with Crippen molar-refractivity contribution < 1.29 is 0 Å². The van der Waals surface area contributed by atoms with E-state index >= 15 is 0 Å². The minimum atomic E-state index is 0.651. The van der Waals surface area contributed by atoms with Gasteiger partial charge in [-0.05, 0) is 55.3 Å². The molecular weight excluding hydrogens is 194 g/mol. The molecule has 0 aliphatic carbocycles. The molecule has 1 aliphatic heterocycles. The lowest BCUT2D eigenvalue weighted by atomic mass is 9.86. The molecule has 16 heavy (non-hydrogen) atoms. The quantitative estimate of drug-likeness (QED) is 0.818. The molecular formula is C15H23N. The zero-order valence-electron chi connectivity index (χ0n) is 10.5. The van der Waals surface area contributed by atoms with Gasteiger partial charge < -0.3 is 5.32 Å². The van der Waals surface area contributed by atoms with Gasteiger partial charge in [0.05, 0.1) is 0 Å². The molecule has 88 valence electrons. The zero-order valence-corrected chi connectivity index (χ0v) is 10.5. The molecule has 0 atom stereocenters. The van der Waals surface area contributed by atoms with Crippen LogP contribution in [0.15, 0.2) is 24.3 Å². The molecule has 1 saturated heterocycles. The molecule has 1 nitrogen and oxygen atoms in total. The lowest BCUT2D eigenvalue weighted by Gasteiger charge is -2.24. The third kappa shape index (κ3) is 2.85. The van der Waals surface area contributed by atoms with E-state index in [1.807, 2.05) is 0 Å². The number of hydrogen-bond donors (Lipinski definition) is 1. The zero-order chi connectivity index (χ0) is 11.4. The highest BCUT2D eigenvalue weighted by Crippen LogP contribution is 2.24. The van der Waals surface area contributed by atoms with Crippen molar-refractivity contribution in [2.45, 2.75) is 39.0 Å². The van der Waals surface area contributed by atoms with Crippen molar-refractivity contribution in [2.24, 2.45) is 5.92 Å². The van der Waals surface area contributed by atoms with Crippen molar-refractivity contribution in [3.63, 3.8) is 0 Å². The summed E-state index contributed by atoms with van der Waals surface area (Å²) in [7, 11) is 0. The van der Waals surface area contributed by atoms with Gasteiger partial charge in [0.25, 0.3) is 0 Å². The van der Waals surface area contributed by atoms with Crippen molar-refractivity contribution in [1.82, 2.24) is 5.32 Å². The van der Waals surface area contributed by atoms with Gasteiger partial charge in [0, 0.05) is 0 Å². The van der Waals surface area contributed by atoms with E-state index in [1.165, 1.54) is 32.4 Å². The van der Waals surface area contributed by atoms with E-state index in [2.05, 4.69) is 43.4 Å². The van der Waals surface area contributed by atoms with Gasteiger partial charge in [-0.3, -0.25) is 0 Å². The second kappa shape index (κ2) is 5.49. The van der Waals surface area contributed by atoms with Gasteiger partial charge in [0.15, 0.2) is 0 Å². The van der Waals surface area contributed by atoms with E-state index < -0.39 is 0 Å². The van der Waals surface area contributed by atoms with E-state index in [4.69, 9.17) is 0 Å². The molecule has 0 spiro atoms. The van der Waals surface area contributed by atoms with Crippen LogP contribution in [0.1, 0.15) is 43.7 Å². The SMILES string of the molecule is CC(C)c1ccccc1CC1CCNCC1. The normalized spacial score (nSPS) is 17.9. The molecule has 1 aromatic carbocycles. The van der Waals surface area contributed by atoms with E-state index in [0.717, 1.165) is 5.92 Å². The maximum absolute atomic E-state index is 3.44. The maximum atomic E-state index is 3.44. The Morgan fingerprint density at radius 2 is 1.88 bits per heavy atom. The van der Waals surface area contributed by atoms with Crippen LogP contribution in [0.3, 0.4) is 0 Å². The predicted octanol–water partition coefficient (Wildman–Crippen LogP) is 3.35. The summed E-state index contributed by atoms with van der Waals surface area (Å²) in [5.41, 5.74) is 3.12. The van der Waals surface area contributed by atoms with Gasteiger partial charge in [-0.15, -0.1) is 0 Å². The third-order valence-electron chi connectivity index (χ3n) is 3.64. The first-order valence-electron chi connectivity index (χ1n) is 6.56. The van der Waals surface area contributed by atoms with Crippen LogP contribution >= 0.6 is 0 Å². The molecule has 0 radical (unpaired) electrons. The predicted molar refractivity (Wildman–Crippen MR) is 69.8 cm³/mol. The van der Waals surface area contributed by atoms with Crippen LogP contribution in [0.4, 0.5) is 0 Å². The smallest absolute Gasteiger partial charge is 0.00462 e. The lowest BCUT2D eigenvalue weighted by molar-refractivity contribution is 0.371. The van der Waals surface area contributed by atoms with Crippen molar-refractivity contribution in [3.05, 3.63) is 35.4 Å². The summed E-state index contributed by atoms with van der Waals surface area (Å²) in [4.78, 5) is 0. The van der Waals surface area contributed by atoms with Gasteiger partial charge in [-0.25, -0.2) is 0 Å². The molecule has 1 heterocycles. The lowest BCUT2D eigenvalue weighted by Crippen LogP contribution is -2.28. The molecule has 1 aliphatic rings. The second-order valence-electron chi connectivity index (χ2n) is 5.25. The highest BCUT2D eigenvalue weighted by atomic mass is 14.9. The van der Waals surface area contributed by atoms with E-state index in [-0.39, 0.29) is 0 Å². The Balaban J connectivity index is 2.07. The molecule has 2 rings (SSSR count).